The predicted octanol–water partition coefficient (Wildman–Crippen LogP) is 2.09. The quantitative estimate of drug-likeness (QED) is 0.285. The van der Waals surface area contributed by atoms with E-state index in [0.29, 0.717) is 11.2 Å². The molecule has 3 N–H and O–H groups in total. The number of halogens is 3. The number of nitrogens with one attached hydrogen (secondary N) is 2. The SMILES string of the molecule is O=C(NCc1cnccn1)c1cc(F)c(COc2nc3nc(O[C@@H]4COC5C4OC[C@H]5O)[nH]c3cc2Cl)c(F)c1. The number of aromatic nitrogens is 5. The molecule has 2 saturated heterocycles. The molecule has 208 valence electrons. The molecule has 0 bridgehead atoms. The van der Waals surface area contributed by atoms with E-state index in [1.807, 2.05) is 0 Å². The first kappa shape index (κ1) is 26.3. The van der Waals surface area contributed by atoms with Gasteiger partial charge in [-0.05, 0) is 18.2 Å². The summed E-state index contributed by atoms with van der Waals surface area (Å²) in [6, 6.07) is 3.43. The van der Waals surface area contributed by atoms with Crippen molar-refractivity contribution in [3.63, 3.8) is 0 Å². The summed E-state index contributed by atoms with van der Waals surface area (Å²) in [6.07, 6.45) is 2.31. The van der Waals surface area contributed by atoms with Crippen LogP contribution >= 0.6 is 11.6 Å². The summed E-state index contributed by atoms with van der Waals surface area (Å²) in [5.74, 6) is -2.75. The van der Waals surface area contributed by atoms with E-state index in [1.165, 1.54) is 24.7 Å². The van der Waals surface area contributed by atoms with Crippen molar-refractivity contribution in [2.24, 2.45) is 0 Å². The number of carbonyl (C=O) groups excluding carboxylic acids is 1. The number of hydrogen-bond donors (Lipinski definition) is 3. The fraction of sp³-hybridized carbons (Fsp3) is 0.320. The molecule has 40 heavy (non-hydrogen) atoms. The van der Waals surface area contributed by atoms with Crippen LogP contribution in [0.5, 0.6) is 11.9 Å². The van der Waals surface area contributed by atoms with Gasteiger partial charge in [-0.1, -0.05) is 11.6 Å². The van der Waals surface area contributed by atoms with Gasteiger partial charge in [-0.25, -0.2) is 8.78 Å². The van der Waals surface area contributed by atoms with Gasteiger partial charge in [0.2, 0.25) is 5.88 Å². The number of H-pyrrole nitrogens is 1. The highest BCUT2D eigenvalue weighted by molar-refractivity contribution is 6.32. The zero-order valence-corrected chi connectivity index (χ0v) is 21.3. The maximum atomic E-state index is 14.8. The number of pyridine rings is 1. The molecule has 12 nitrogen and oxygen atoms in total. The van der Waals surface area contributed by atoms with E-state index < -0.39 is 54.1 Å². The van der Waals surface area contributed by atoms with Crippen molar-refractivity contribution in [1.29, 1.82) is 0 Å². The maximum absolute atomic E-state index is 14.8. The third kappa shape index (κ3) is 5.25. The smallest absolute Gasteiger partial charge is 0.296 e. The summed E-state index contributed by atoms with van der Waals surface area (Å²) in [7, 11) is 0. The second-order valence-electron chi connectivity index (χ2n) is 9.09. The van der Waals surface area contributed by atoms with Crippen LogP contribution in [-0.4, -0.2) is 73.6 Å². The van der Waals surface area contributed by atoms with Crippen molar-refractivity contribution in [3.8, 4) is 11.9 Å². The summed E-state index contributed by atoms with van der Waals surface area (Å²) < 4.78 is 52.0. The summed E-state index contributed by atoms with van der Waals surface area (Å²) in [4.78, 5) is 31.7. The van der Waals surface area contributed by atoms with Crippen LogP contribution in [0, 0.1) is 11.6 Å². The predicted molar refractivity (Wildman–Crippen MR) is 133 cm³/mol. The topological polar surface area (TPSA) is 154 Å². The molecule has 3 aromatic heterocycles. The number of carbonyl (C=O) groups is 1. The van der Waals surface area contributed by atoms with E-state index in [2.05, 4.69) is 30.2 Å². The molecular weight excluding hydrogens is 554 g/mol. The molecule has 1 aromatic carbocycles. The molecular formula is C25H21ClF2N6O6. The molecule has 6 rings (SSSR count). The van der Waals surface area contributed by atoms with Gasteiger partial charge < -0.3 is 34.4 Å². The van der Waals surface area contributed by atoms with Gasteiger partial charge in [0.05, 0.1) is 42.7 Å². The van der Waals surface area contributed by atoms with Crippen LogP contribution in [0.15, 0.2) is 36.8 Å². The normalized spacial score (nSPS) is 21.9. The summed E-state index contributed by atoms with van der Waals surface area (Å²) in [5, 5.41) is 12.5. The lowest BCUT2D eigenvalue weighted by Gasteiger charge is -2.15. The van der Waals surface area contributed by atoms with E-state index in [4.69, 9.17) is 30.5 Å². The molecule has 15 heteroatoms. The van der Waals surface area contributed by atoms with Gasteiger partial charge in [-0.2, -0.15) is 9.97 Å². The van der Waals surface area contributed by atoms with Gasteiger partial charge in [0.25, 0.3) is 11.9 Å². The lowest BCUT2D eigenvalue weighted by Crippen LogP contribution is -2.34. The van der Waals surface area contributed by atoms with Crippen LogP contribution in [0.2, 0.25) is 5.02 Å². The Morgan fingerprint density at radius 2 is 1.95 bits per heavy atom. The second kappa shape index (κ2) is 10.9. The molecule has 2 fully saturated rings. The monoisotopic (exact) mass is 574 g/mol. The first-order valence-corrected chi connectivity index (χ1v) is 12.5. The number of nitrogens with zero attached hydrogens (tertiary/aromatic N) is 4. The molecule has 5 heterocycles. The Labute approximate surface area is 229 Å². The number of hydrogen-bond acceptors (Lipinski definition) is 10. The van der Waals surface area contributed by atoms with Crippen LogP contribution in [0.25, 0.3) is 11.2 Å². The Hall–Kier alpha value is -3.98. The van der Waals surface area contributed by atoms with E-state index in [-0.39, 0.29) is 47.9 Å². The number of benzene rings is 1. The number of aliphatic hydroxyl groups excluding tert-OH is 1. The lowest BCUT2D eigenvalue weighted by atomic mass is 10.1. The van der Waals surface area contributed by atoms with Crippen molar-refractivity contribution >= 4 is 28.7 Å². The van der Waals surface area contributed by atoms with Gasteiger partial charge in [-0.3, -0.25) is 14.8 Å². The Kier molecular flexibility index (Phi) is 7.14. The number of imidazole rings is 1. The van der Waals surface area contributed by atoms with Gasteiger partial charge in [0.15, 0.2) is 11.8 Å². The standard InChI is InChI=1S/C25H21ClF2N6O6/c26-14-5-17-22(34-25(32-17)40-19-10-38-20-18(35)9-37-21(19)20)33-24(14)39-8-13-15(27)3-11(4-16(13)28)23(36)31-7-12-6-29-1-2-30-12/h1-6,18-21,35H,7-10H2,(H,31,36)(H,32,33,34)/t18-,19-,20?,21?/m1/s1. The van der Waals surface area contributed by atoms with Crippen LogP contribution in [0.3, 0.4) is 0 Å². The maximum Gasteiger partial charge on any atom is 0.296 e. The number of ether oxygens (including phenoxy) is 4. The zero-order chi connectivity index (χ0) is 27.8. The molecule has 0 spiro atoms. The highest BCUT2D eigenvalue weighted by Crippen LogP contribution is 2.31. The van der Waals surface area contributed by atoms with Gasteiger partial charge in [0.1, 0.15) is 41.6 Å². The number of amides is 1. The molecule has 4 aromatic rings. The first-order valence-electron chi connectivity index (χ1n) is 12.1. The van der Waals surface area contributed by atoms with E-state index in [0.717, 1.165) is 12.1 Å². The van der Waals surface area contributed by atoms with Crippen molar-refractivity contribution < 1.29 is 37.6 Å². The third-order valence-corrected chi connectivity index (χ3v) is 6.69. The molecule has 0 aliphatic carbocycles. The first-order chi connectivity index (χ1) is 19.4. The third-order valence-electron chi connectivity index (χ3n) is 6.42. The van der Waals surface area contributed by atoms with Gasteiger partial charge >= 0.3 is 0 Å². The van der Waals surface area contributed by atoms with Gasteiger partial charge in [-0.15, -0.1) is 0 Å². The molecule has 0 radical (unpaired) electrons. The van der Waals surface area contributed by atoms with Gasteiger partial charge in [0, 0.05) is 18.0 Å². The molecule has 0 saturated carbocycles. The summed E-state index contributed by atoms with van der Waals surface area (Å²) in [5.41, 5.74) is 0.491. The van der Waals surface area contributed by atoms with Crippen molar-refractivity contribution in [2.75, 3.05) is 13.2 Å². The molecule has 2 aliphatic heterocycles. The van der Waals surface area contributed by atoms with Crippen LogP contribution in [0.1, 0.15) is 21.6 Å². The van der Waals surface area contributed by atoms with Crippen molar-refractivity contribution in [1.82, 2.24) is 30.2 Å². The summed E-state index contributed by atoms with van der Waals surface area (Å²) in [6.45, 7) is -0.132. The lowest BCUT2D eigenvalue weighted by molar-refractivity contribution is 0.00706. The molecule has 2 aliphatic rings. The Bertz CT molecular complexity index is 1540. The minimum Gasteiger partial charge on any atom is -0.471 e. The van der Waals surface area contributed by atoms with Crippen molar-refractivity contribution in [3.05, 3.63) is 70.3 Å². The minimum absolute atomic E-state index is 0.0415. The zero-order valence-electron chi connectivity index (χ0n) is 20.5. The number of aromatic amines is 1. The highest BCUT2D eigenvalue weighted by Gasteiger charge is 2.48. The minimum atomic E-state index is -0.978. The van der Waals surface area contributed by atoms with Crippen LogP contribution in [-0.2, 0) is 22.6 Å². The number of rotatable bonds is 8. The Morgan fingerprint density at radius 1 is 1.15 bits per heavy atom. The molecule has 4 atom stereocenters. The molecule has 2 unspecified atom stereocenters. The fourth-order valence-corrected chi connectivity index (χ4v) is 4.64. The second-order valence-corrected chi connectivity index (χ2v) is 9.50. The number of aliphatic hydroxyl groups is 1. The number of fused-ring (bicyclic) bond motifs is 2. The average Bonchev–Trinajstić information content (AvgIpc) is 3.63. The largest absolute Gasteiger partial charge is 0.471 e. The van der Waals surface area contributed by atoms with E-state index in [9.17, 15) is 18.7 Å². The summed E-state index contributed by atoms with van der Waals surface area (Å²) >= 11 is 6.28. The Balaban J connectivity index is 1.12. The van der Waals surface area contributed by atoms with Crippen LogP contribution < -0.4 is 14.8 Å². The Morgan fingerprint density at radius 3 is 2.73 bits per heavy atom. The van der Waals surface area contributed by atoms with Crippen molar-refractivity contribution in [2.45, 2.75) is 37.6 Å². The highest BCUT2D eigenvalue weighted by atomic mass is 35.5. The average molecular weight is 575 g/mol. The van der Waals surface area contributed by atoms with Crippen LogP contribution in [0.4, 0.5) is 8.78 Å². The fourth-order valence-electron chi connectivity index (χ4n) is 4.43. The van der Waals surface area contributed by atoms with E-state index >= 15 is 0 Å². The van der Waals surface area contributed by atoms with E-state index in [1.54, 1.807) is 0 Å². The molecule has 1 amide bonds.